The van der Waals surface area contributed by atoms with Gasteiger partial charge in [0.15, 0.2) is 11.5 Å². The second-order valence-corrected chi connectivity index (χ2v) is 10.2. The smallest absolute Gasteiger partial charge is 0.303 e. The van der Waals surface area contributed by atoms with Crippen LogP contribution in [0.5, 0.6) is 11.5 Å². The van der Waals surface area contributed by atoms with Crippen molar-refractivity contribution in [2.75, 3.05) is 31.6 Å². The first-order valence-corrected chi connectivity index (χ1v) is 12.4. The molecule has 1 aliphatic rings. The van der Waals surface area contributed by atoms with Gasteiger partial charge in [-0.25, -0.2) is 4.39 Å². The maximum atomic E-state index is 14.4. The largest absolute Gasteiger partial charge is 0.486 e. The highest BCUT2D eigenvalue weighted by Crippen LogP contribution is 2.30. The maximum absolute atomic E-state index is 14.4. The fraction of sp³-hybridized carbons (Fsp3) is 0.240. The van der Waals surface area contributed by atoms with Crippen molar-refractivity contribution in [2.45, 2.75) is 12.6 Å². The van der Waals surface area contributed by atoms with Crippen molar-refractivity contribution in [1.29, 1.82) is 0 Å². The molecule has 4 rings (SSSR count). The lowest BCUT2D eigenvalue weighted by molar-refractivity contribution is 0.0789. The van der Waals surface area contributed by atoms with Crippen LogP contribution in [0.25, 0.3) is 0 Å². The number of halogens is 1. The van der Waals surface area contributed by atoms with Gasteiger partial charge in [-0.3, -0.25) is 9.10 Å². The Balaban J connectivity index is 1.42. The number of benzene rings is 3. The summed E-state index contributed by atoms with van der Waals surface area (Å²) in [6.07, 6.45) is -0.321. The first-order valence-electron chi connectivity index (χ1n) is 11.0. The Hall–Kier alpha value is -3.63. The monoisotopic (exact) mass is 499 g/mol. The van der Waals surface area contributed by atoms with Crippen LogP contribution < -0.4 is 19.1 Å². The molecule has 184 valence electrons. The van der Waals surface area contributed by atoms with Crippen LogP contribution in [0.4, 0.5) is 10.1 Å². The molecule has 0 spiro atoms. The number of nitrogens with zero attached hydrogens (tertiary/aromatic N) is 2. The van der Waals surface area contributed by atoms with Crippen LogP contribution in [-0.4, -0.2) is 52.0 Å². The third kappa shape index (κ3) is 5.55. The standard InChI is InChI=1S/C25H26FN3O5S/c1-28(2)35(31,32)29(22-8-4-3-7-21(22)26)16-18-11-13-19(14-12-18)25(30)27-15-20-17-33-23-9-5-6-10-24(23)34-20/h3-14,20H,15-17H2,1-2H3,(H,27,30). The number of fused-ring (bicyclic) bond motifs is 1. The second-order valence-electron chi connectivity index (χ2n) is 8.15. The number of hydrogen-bond donors (Lipinski definition) is 1. The minimum absolute atomic E-state index is 0.0562. The van der Waals surface area contributed by atoms with E-state index in [9.17, 15) is 17.6 Å². The van der Waals surface area contributed by atoms with E-state index in [1.807, 2.05) is 24.3 Å². The van der Waals surface area contributed by atoms with Crippen LogP contribution >= 0.6 is 0 Å². The SMILES string of the molecule is CN(C)S(=O)(=O)N(Cc1ccc(C(=O)NCC2COc3ccccc3O2)cc1)c1ccccc1F. The molecule has 0 bridgehead atoms. The zero-order valence-electron chi connectivity index (χ0n) is 19.3. The Bertz CT molecular complexity index is 1300. The van der Waals surface area contributed by atoms with E-state index in [1.54, 1.807) is 30.3 Å². The molecular formula is C25H26FN3O5S. The van der Waals surface area contributed by atoms with E-state index in [2.05, 4.69) is 5.32 Å². The van der Waals surface area contributed by atoms with E-state index >= 15 is 0 Å². The van der Waals surface area contributed by atoms with E-state index in [1.165, 1.54) is 32.3 Å². The Kier molecular flexibility index (Phi) is 7.23. The fourth-order valence-corrected chi connectivity index (χ4v) is 4.64. The van der Waals surface area contributed by atoms with E-state index in [4.69, 9.17) is 9.47 Å². The van der Waals surface area contributed by atoms with Crippen molar-refractivity contribution in [3.63, 3.8) is 0 Å². The predicted molar refractivity (Wildman–Crippen MR) is 130 cm³/mol. The Morgan fingerprint density at radius 2 is 1.66 bits per heavy atom. The highest BCUT2D eigenvalue weighted by molar-refractivity contribution is 7.90. The number of ether oxygens (including phenoxy) is 2. The van der Waals surface area contributed by atoms with Crippen LogP contribution in [0.15, 0.2) is 72.8 Å². The lowest BCUT2D eigenvalue weighted by atomic mass is 10.1. The number of carbonyl (C=O) groups excluding carboxylic acids is 1. The average molecular weight is 500 g/mol. The third-order valence-corrected chi connectivity index (χ3v) is 7.27. The summed E-state index contributed by atoms with van der Waals surface area (Å²) in [5, 5.41) is 2.83. The fourth-order valence-electron chi connectivity index (χ4n) is 3.54. The first-order chi connectivity index (χ1) is 16.8. The normalized spacial score (nSPS) is 15.0. The quantitative estimate of drug-likeness (QED) is 0.514. The minimum atomic E-state index is -3.96. The van der Waals surface area contributed by atoms with E-state index in [0.717, 1.165) is 8.61 Å². The van der Waals surface area contributed by atoms with Crippen LogP contribution in [0.3, 0.4) is 0 Å². The van der Waals surface area contributed by atoms with Gasteiger partial charge in [-0.05, 0) is 42.0 Å². The molecule has 0 fully saturated rings. The molecule has 35 heavy (non-hydrogen) atoms. The summed E-state index contributed by atoms with van der Waals surface area (Å²) in [6, 6.07) is 19.5. The zero-order valence-corrected chi connectivity index (χ0v) is 20.2. The number of amides is 1. The Morgan fingerprint density at radius 1 is 1.00 bits per heavy atom. The molecule has 0 aromatic heterocycles. The van der Waals surface area contributed by atoms with Crippen LogP contribution in [0.1, 0.15) is 15.9 Å². The molecule has 1 amide bonds. The summed E-state index contributed by atoms with van der Waals surface area (Å²) in [6.45, 7) is 0.482. The molecule has 1 N–H and O–H groups in total. The molecule has 0 aliphatic carbocycles. The Morgan fingerprint density at radius 3 is 2.34 bits per heavy atom. The number of rotatable bonds is 8. The lowest BCUT2D eigenvalue weighted by Gasteiger charge is -2.28. The molecule has 1 unspecified atom stereocenters. The Labute approximate surface area is 204 Å². The van der Waals surface area contributed by atoms with Crippen molar-refractivity contribution < 1.29 is 27.1 Å². The third-order valence-electron chi connectivity index (χ3n) is 5.46. The van der Waals surface area contributed by atoms with Gasteiger partial charge in [0.05, 0.1) is 18.8 Å². The van der Waals surface area contributed by atoms with Crippen molar-refractivity contribution in [2.24, 2.45) is 0 Å². The highest BCUT2D eigenvalue weighted by Gasteiger charge is 2.27. The molecule has 3 aromatic rings. The molecule has 0 saturated carbocycles. The minimum Gasteiger partial charge on any atom is -0.486 e. The van der Waals surface area contributed by atoms with Crippen LogP contribution in [0, 0.1) is 5.82 Å². The van der Waals surface area contributed by atoms with E-state index in [-0.39, 0.29) is 30.8 Å². The molecule has 1 aliphatic heterocycles. The number of carbonyl (C=O) groups is 1. The van der Waals surface area contributed by atoms with Crippen molar-refractivity contribution in [3.8, 4) is 11.5 Å². The first kappa shape index (κ1) is 24.5. The van der Waals surface area contributed by atoms with E-state index in [0.29, 0.717) is 29.2 Å². The van der Waals surface area contributed by atoms with Gasteiger partial charge in [-0.1, -0.05) is 36.4 Å². The number of nitrogens with one attached hydrogen (secondary N) is 1. The van der Waals surface area contributed by atoms with Gasteiger partial charge in [0.25, 0.3) is 5.91 Å². The molecular weight excluding hydrogens is 473 g/mol. The maximum Gasteiger partial charge on any atom is 0.303 e. The number of anilines is 1. The van der Waals surface area contributed by atoms with Gasteiger partial charge in [0.2, 0.25) is 0 Å². The average Bonchev–Trinajstić information content (AvgIpc) is 2.86. The lowest BCUT2D eigenvalue weighted by Crippen LogP contribution is -2.40. The molecule has 1 heterocycles. The number of para-hydroxylation sites is 3. The van der Waals surface area contributed by atoms with Gasteiger partial charge in [0.1, 0.15) is 18.5 Å². The summed E-state index contributed by atoms with van der Waals surface area (Å²) >= 11 is 0. The van der Waals surface area contributed by atoms with Crippen LogP contribution in [0.2, 0.25) is 0 Å². The summed E-state index contributed by atoms with van der Waals surface area (Å²) in [4.78, 5) is 12.6. The predicted octanol–water partition coefficient (Wildman–Crippen LogP) is 3.21. The summed E-state index contributed by atoms with van der Waals surface area (Å²) in [5.74, 6) is 0.358. The summed E-state index contributed by atoms with van der Waals surface area (Å²) < 4.78 is 53.7. The zero-order chi connectivity index (χ0) is 25.0. The van der Waals surface area contributed by atoms with Gasteiger partial charge >= 0.3 is 10.2 Å². The molecule has 1 atom stereocenters. The second kappa shape index (κ2) is 10.3. The summed E-state index contributed by atoms with van der Waals surface area (Å²) in [7, 11) is -1.19. The highest BCUT2D eigenvalue weighted by atomic mass is 32.2. The van der Waals surface area contributed by atoms with Crippen molar-refractivity contribution in [1.82, 2.24) is 9.62 Å². The van der Waals surface area contributed by atoms with Gasteiger partial charge in [0, 0.05) is 19.7 Å². The van der Waals surface area contributed by atoms with Crippen molar-refractivity contribution >= 4 is 21.8 Å². The van der Waals surface area contributed by atoms with E-state index < -0.39 is 16.0 Å². The molecule has 3 aromatic carbocycles. The number of hydrogen-bond acceptors (Lipinski definition) is 5. The summed E-state index contributed by atoms with van der Waals surface area (Å²) in [5.41, 5.74) is 0.939. The molecule has 8 nitrogen and oxygen atoms in total. The van der Waals surface area contributed by atoms with Gasteiger partial charge in [-0.2, -0.15) is 12.7 Å². The molecule has 0 saturated heterocycles. The van der Waals surface area contributed by atoms with Gasteiger partial charge < -0.3 is 14.8 Å². The topological polar surface area (TPSA) is 88.2 Å². The van der Waals surface area contributed by atoms with Gasteiger partial charge in [-0.15, -0.1) is 0 Å². The molecule has 0 radical (unpaired) electrons. The molecule has 10 heteroatoms. The van der Waals surface area contributed by atoms with Crippen LogP contribution in [-0.2, 0) is 16.8 Å². The van der Waals surface area contributed by atoms with Crippen molar-refractivity contribution in [3.05, 3.63) is 89.7 Å².